The first-order chi connectivity index (χ1) is 14.4. The molecule has 1 fully saturated rings. The molecule has 0 spiro atoms. The molecule has 3 rings (SSSR count). The van der Waals surface area contributed by atoms with Crippen molar-refractivity contribution in [2.75, 3.05) is 44.7 Å². The maximum atomic E-state index is 14.1. The van der Waals surface area contributed by atoms with Gasteiger partial charge in [0.15, 0.2) is 5.96 Å². The maximum absolute atomic E-state index is 14.1. The Labute approximate surface area is 177 Å². The minimum Gasteiger partial charge on any atom is -0.366 e. The molecule has 1 saturated heterocycles. The number of para-hydroxylation sites is 1. The van der Waals surface area contributed by atoms with E-state index in [-0.39, 0.29) is 10.7 Å². The highest BCUT2D eigenvalue weighted by Crippen LogP contribution is 2.20. The molecule has 30 heavy (non-hydrogen) atoms. The van der Waals surface area contributed by atoms with E-state index < -0.39 is 10.0 Å². The van der Waals surface area contributed by atoms with Crippen LogP contribution in [0.25, 0.3) is 0 Å². The molecular weight excluding hydrogens is 405 g/mol. The number of hydrogen-bond donors (Lipinski definition) is 2. The standard InChI is InChI=1S/C21H28FN5O2S/c1-3-24-21(25-16-17-8-10-18(11-9-17)30(28,29)23-2)27-14-12-26(13-15-27)20-7-5-4-6-19(20)22/h4-11,23H,3,12-16H2,1-2H3,(H,24,25). The van der Waals surface area contributed by atoms with Crippen molar-refractivity contribution < 1.29 is 12.8 Å². The topological polar surface area (TPSA) is 77.0 Å². The first-order valence-corrected chi connectivity index (χ1v) is 11.5. The molecule has 0 saturated carbocycles. The number of nitrogens with zero attached hydrogens (tertiary/aromatic N) is 3. The summed E-state index contributed by atoms with van der Waals surface area (Å²) in [5.74, 6) is 0.605. The fourth-order valence-electron chi connectivity index (χ4n) is 3.35. The molecule has 7 nitrogen and oxygen atoms in total. The second kappa shape index (κ2) is 9.90. The molecule has 2 aromatic rings. The van der Waals surface area contributed by atoms with Crippen molar-refractivity contribution in [1.29, 1.82) is 0 Å². The third-order valence-electron chi connectivity index (χ3n) is 5.02. The fraction of sp³-hybridized carbons (Fsp3) is 0.381. The number of aliphatic imine (C=N–C) groups is 1. The van der Waals surface area contributed by atoms with Crippen molar-refractivity contribution in [3.8, 4) is 0 Å². The van der Waals surface area contributed by atoms with Crippen LogP contribution in [0.4, 0.5) is 10.1 Å². The third-order valence-corrected chi connectivity index (χ3v) is 6.45. The van der Waals surface area contributed by atoms with Crippen LogP contribution in [0, 0.1) is 5.82 Å². The van der Waals surface area contributed by atoms with Gasteiger partial charge in [0.05, 0.1) is 17.1 Å². The Bertz CT molecular complexity index is 971. The maximum Gasteiger partial charge on any atom is 0.240 e. The number of benzene rings is 2. The van der Waals surface area contributed by atoms with Crippen LogP contribution in [0.2, 0.25) is 0 Å². The Morgan fingerprint density at radius 2 is 1.73 bits per heavy atom. The van der Waals surface area contributed by atoms with Gasteiger partial charge in [0.25, 0.3) is 0 Å². The molecule has 2 aromatic carbocycles. The predicted octanol–water partition coefficient (Wildman–Crippen LogP) is 2.02. The molecule has 0 atom stereocenters. The first-order valence-electron chi connectivity index (χ1n) is 10.00. The van der Waals surface area contributed by atoms with Gasteiger partial charge < -0.3 is 15.1 Å². The van der Waals surface area contributed by atoms with E-state index in [0.717, 1.165) is 31.2 Å². The molecule has 2 N–H and O–H groups in total. The van der Waals surface area contributed by atoms with Gasteiger partial charge in [0.1, 0.15) is 5.82 Å². The molecule has 162 valence electrons. The first kappa shape index (κ1) is 22.0. The minimum absolute atomic E-state index is 0.199. The number of hydrogen-bond acceptors (Lipinski definition) is 4. The lowest BCUT2D eigenvalue weighted by molar-refractivity contribution is 0.370. The molecule has 1 aliphatic rings. The summed E-state index contributed by atoms with van der Waals surface area (Å²) in [5, 5.41) is 3.31. The van der Waals surface area contributed by atoms with Crippen LogP contribution < -0.4 is 14.9 Å². The number of guanidine groups is 1. The van der Waals surface area contributed by atoms with Gasteiger partial charge in [-0.15, -0.1) is 0 Å². The van der Waals surface area contributed by atoms with Crippen molar-refractivity contribution in [3.63, 3.8) is 0 Å². The molecule has 0 unspecified atom stereocenters. The SMILES string of the molecule is CCNC(=NCc1ccc(S(=O)(=O)NC)cc1)N1CCN(c2ccccc2F)CC1. The highest BCUT2D eigenvalue weighted by Gasteiger charge is 2.21. The lowest BCUT2D eigenvalue weighted by atomic mass is 10.2. The second-order valence-electron chi connectivity index (χ2n) is 6.95. The number of halogens is 1. The number of piperazine rings is 1. The summed E-state index contributed by atoms with van der Waals surface area (Å²) in [6.07, 6.45) is 0. The zero-order chi connectivity index (χ0) is 21.6. The largest absolute Gasteiger partial charge is 0.366 e. The lowest BCUT2D eigenvalue weighted by Gasteiger charge is -2.37. The van der Waals surface area contributed by atoms with Crippen LogP contribution >= 0.6 is 0 Å². The van der Waals surface area contributed by atoms with Gasteiger partial charge in [-0.25, -0.2) is 22.5 Å². The van der Waals surface area contributed by atoms with Crippen molar-refractivity contribution in [2.24, 2.45) is 4.99 Å². The summed E-state index contributed by atoms with van der Waals surface area (Å²) in [6.45, 7) is 6.09. The van der Waals surface area contributed by atoms with Crippen LogP contribution in [0.3, 0.4) is 0 Å². The number of sulfonamides is 1. The summed E-state index contributed by atoms with van der Waals surface area (Å²) in [7, 11) is -2.05. The highest BCUT2D eigenvalue weighted by molar-refractivity contribution is 7.89. The smallest absolute Gasteiger partial charge is 0.240 e. The Morgan fingerprint density at radius 1 is 1.07 bits per heavy atom. The summed E-state index contributed by atoms with van der Waals surface area (Å²) in [4.78, 5) is 9.16. The van der Waals surface area contributed by atoms with Gasteiger partial charge in [-0.2, -0.15) is 0 Å². The zero-order valence-corrected chi connectivity index (χ0v) is 18.1. The van der Waals surface area contributed by atoms with E-state index >= 15 is 0 Å². The van der Waals surface area contributed by atoms with Crippen LogP contribution in [-0.2, 0) is 16.6 Å². The van der Waals surface area contributed by atoms with Crippen LogP contribution in [-0.4, -0.2) is 59.0 Å². The van der Waals surface area contributed by atoms with E-state index in [1.165, 1.54) is 13.1 Å². The van der Waals surface area contributed by atoms with Gasteiger partial charge >= 0.3 is 0 Å². The lowest BCUT2D eigenvalue weighted by Crippen LogP contribution is -2.52. The van der Waals surface area contributed by atoms with E-state index in [4.69, 9.17) is 4.99 Å². The molecule has 1 aliphatic heterocycles. The summed E-state index contributed by atoms with van der Waals surface area (Å²) in [5.41, 5.74) is 1.56. The Balaban J connectivity index is 1.65. The molecule has 0 radical (unpaired) electrons. The molecule has 0 aliphatic carbocycles. The van der Waals surface area contributed by atoms with Crippen LogP contribution in [0.5, 0.6) is 0 Å². The van der Waals surface area contributed by atoms with Gasteiger partial charge in [-0.05, 0) is 43.8 Å². The van der Waals surface area contributed by atoms with Crippen molar-refractivity contribution in [3.05, 3.63) is 59.9 Å². The molecule has 9 heteroatoms. The van der Waals surface area contributed by atoms with Gasteiger partial charge in [0, 0.05) is 32.7 Å². The van der Waals surface area contributed by atoms with Crippen molar-refractivity contribution in [1.82, 2.24) is 14.9 Å². The summed E-state index contributed by atoms with van der Waals surface area (Å²) in [6, 6.07) is 13.5. The average Bonchev–Trinajstić information content (AvgIpc) is 2.77. The van der Waals surface area contributed by atoms with E-state index in [2.05, 4.69) is 19.8 Å². The zero-order valence-electron chi connectivity index (χ0n) is 17.3. The molecule has 0 bridgehead atoms. The molecule has 1 heterocycles. The van der Waals surface area contributed by atoms with Crippen molar-refractivity contribution in [2.45, 2.75) is 18.4 Å². The van der Waals surface area contributed by atoms with E-state index in [0.29, 0.717) is 25.3 Å². The van der Waals surface area contributed by atoms with Crippen LogP contribution in [0.15, 0.2) is 58.4 Å². The van der Waals surface area contributed by atoms with Crippen molar-refractivity contribution >= 4 is 21.7 Å². The number of nitrogens with one attached hydrogen (secondary N) is 2. The Kier molecular flexibility index (Phi) is 7.28. The monoisotopic (exact) mass is 433 g/mol. The van der Waals surface area contributed by atoms with Gasteiger partial charge in [-0.1, -0.05) is 24.3 Å². The predicted molar refractivity (Wildman–Crippen MR) is 118 cm³/mol. The summed E-state index contributed by atoms with van der Waals surface area (Å²) >= 11 is 0. The van der Waals surface area contributed by atoms with E-state index in [9.17, 15) is 12.8 Å². The van der Waals surface area contributed by atoms with E-state index in [1.54, 1.807) is 30.3 Å². The third kappa shape index (κ3) is 5.28. The van der Waals surface area contributed by atoms with E-state index in [1.807, 2.05) is 19.1 Å². The summed E-state index contributed by atoms with van der Waals surface area (Å²) < 4.78 is 40.0. The molecule has 0 amide bonds. The van der Waals surface area contributed by atoms with Crippen LogP contribution in [0.1, 0.15) is 12.5 Å². The Hall–Kier alpha value is -2.65. The number of anilines is 1. The highest BCUT2D eigenvalue weighted by atomic mass is 32.2. The molecular formula is C21H28FN5O2S. The quantitative estimate of drug-likeness (QED) is 0.539. The second-order valence-corrected chi connectivity index (χ2v) is 8.83. The minimum atomic E-state index is -3.44. The Morgan fingerprint density at radius 3 is 2.33 bits per heavy atom. The average molecular weight is 434 g/mol. The molecule has 0 aromatic heterocycles. The number of rotatable bonds is 6. The fourth-order valence-corrected chi connectivity index (χ4v) is 4.08. The van der Waals surface area contributed by atoms with Gasteiger partial charge in [0.2, 0.25) is 10.0 Å². The normalized spacial score (nSPS) is 15.4. The van der Waals surface area contributed by atoms with Gasteiger partial charge in [-0.3, -0.25) is 0 Å².